The molecule has 2 atom stereocenters. The summed E-state index contributed by atoms with van der Waals surface area (Å²) in [4.78, 5) is 4.76. The van der Waals surface area contributed by atoms with Gasteiger partial charge < -0.3 is 20.1 Å². The Hall–Kier alpha value is -1.36. The zero-order chi connectivity index (χ0) is 20.3. The third-order valence-corrected chi connectivity index (χ3v) is 4.98. The molecule has 1 aromatic heterocycles. The maximum absolute atomic E-state index is 6.04. The number of guanidine groups is 1. The summed E-state index contributed by atoms with van der Waals surface area (Å²) in [6.45, 7) is 6.21. The molecule has 7 nitrogen and oxygen atoms in total. The van der Waals surface area contributed by atoms with Gasteiger partial charge in [-0.3, -0.25) is 9.67 Å². The Morgan fingerprint density at radius 2 is 2.20 bits per heavy atom. The largest absolute Gasteiger partial charge is 0.377 e. The Labute approximate surface area is 200 Å². The molecule has 1 saturated heterocycles. The van der Waals surface area contributed by atoms with Crippen molar-refractivity contribution in [3.63, 3.8) is 0 Å². The Balaban J connectivity index is 0.00000320. The molecular weight excluding hydrogens is 517 g/mol. The van der Waals surface area contributed by atoms with Crippen molar-refractivity contribution in [1.29, 1.82) is 0 Å². The number of hydrogen-bond acceptors (Lipinski definition) is 4. The topological polar surface area (TPSA) is 72.7 Å². The number of aromatic nitrogens is 2. The third kappa shape index (κ3) is 8.05. The second kappa shape index (κ2) is 13.8. The van der Waals surface area contributed by atoms with Gasteiger partial charge in [0.05, 0.1) is 31.9 Å². The lowest BCUT2D eigenvalue weighted by molar-refractivity contribution is 0.0191. The quantitative estimate of drug-likeness (QED) is 0.206. The van der Waals surface area contributed by atoms with Crippen LogP contribution in [0.15, 0.2) is 47.7 Å². The molecule has 0 saturated carbocycles. The maximum atomic E-state index is 6.04. The maximum Gasteiger partial charge on any atom is 0.191 e. The van der Waals surface area contributed by atoms with Crippen molar-refractivity contribution < 1.29 is 9.47 Å². The van der Waals surface area contributed by atoms with Crippen LogP contribution in [0.2, 0.25) is 5.02 Å². The van der Waals surface area contributed by atoms with Gasteiger partial charge in [0.1, 0.15) is 0 Å². The predicted molar refractivity (Wildman–Crippen MR) is 131 cm³/mol. The van der Waals surface area contributed by atoms with E-state index in [0.717, 1.165) is 42.5 Å². The second-order valence-corrected chi connectivity index (χ2v) is 7.35. The van der Waals surface area contributed by atoms with Crippen LogP contribution in [0.3, 0.4) is 0 Å². The monoisotopic (exact) mass is 547 g/mol. The third-order valence-electron chi connectivity index (χ3n) is 4.73. The number of ether oxygens (including phenoxy) is 2. The van der Waals surface area contributed by atoms with Crippen LogP contribution in [0.25, 0.3) is 0 Å². The van der Waals surface area contributed by atoms with Crippen LogP contribution in [0.1, 0.15) is 31.4 Å². The predicted octanol–water partition coefficient (Wildman–Crippen LogP) is 3.49. The normalized spacial score (nSPS) is 17.4. The Morgan fingerprint density at radius 3 is 2.87 bits per heavy atom. The molecule has 30 heavy (non-hydrogen) atoms. The standard InChI is InChI=1S/C21H30ClN5O2.HI/c1-2-23-21(24-11-14-28-16-19-5-3-13-29-19)25-15-20(27-12-4-10-26-27)17-6-8-18(22)9-7-17;/h4,6-10,12,19-20H,2-3,5,11,13-16H2,1H3,(H2,23,24,25);1H. The molecule has 3 rings (SSSR count). The lowest BCUT2D eigenvalue weighted by atomic mass is 10.1. The molecule has 0 spiro atoms. The Bertz CT molecular complexity index is 736. The molecule has 0 aliphatic carbocycles. The van der Waals surface area contributed by atoms with E-state index in [1.807, 2.05) is 41.2 Å². The van der Waals surface area contributed by atoms with Crippen molar-refractivity contribution in [2.24, 2.45) is 4.99 Å². The number of nitrogens with zero attached hydrogens (tertiary/aromatic N) is 3. The summed E-state index contributed by atoms with van der Waals surface area (Å²) in [6, 6.07) is 9.74. The van der Waals surface area contributed by atoms with Crippen LogP contribution < -0.4 is 10.6 Å². The highest BCUT2D eigenvalue weighted by atomic mass is 127. The van der Waals surface area contributed by atoms with E-state index in [0.29, 0.717) is 26.3 Å². The summed E-state index contributed by atoms with van der Waals surface area (Å²) in [6.07, 6.45) is 6.22. The van der Waals surface area contributed by atoms with Gasteiger partial charge >= 0.3 is 0 Å². The van der Waals surface area contributed by atoms with Gasteiger partial charge in [-0.2, -0.15) is 5.10 Å². The van der Waals surface area contributed by atoms with E-state index in [1.165, 1.54) is 0 Å². The fourth-order valence-corrected chi connectivity index (χ4v) is 3.37. The number of aliphatic imine (C=N–C) groups is 1. The molecule has 166 valence electrons. The number of halogens is 2. The molecule has 9 heteroatoms. The summed E-state index contributed by atoms with van der Waals surface area (Å²) >= 11 is 6.04. The Kier molecular flexibility index (Phi) is 11.5. The molecule has 0 radical (unpaired) electrons. The van der Waals surface area contributed by atoms with E-state index in [-0.39, 0.29) is 36.1 Å². The second-order valence-electron chi connectivity index (χ2n) is 6.91. The van der Waals surface area contributed by atoms with Crippen LogP contribution in [0, 0.1) is 0 Å². The summed E-state index contributed by atoms with van der Waals surface area (Å²) in [5.74, 6) is 0.763. The van der Waals surface area contributed by atoms with E-state index < -0.39 is 0 Å². The van der Waals surface area contributed by atoms with Crippen LogP contribution in [-0.2, 0) is 9.47 Å². The highest BCUT2D eigenvalue weighted by molar-refractivity contribution is 14.0. The number of benzene rings is 1. The zero-order valence-electron chi connectivity index (χ0n) is 17.3. The average Bonchev–Trinajstić information content (AvgIpc) is 3.43. The van der Waals surface area contributed by atoms with Gasteiger partial charge in [-0.05, 0) is 43.5 Å². The highest BCUT2D eigenvalue weighted by Gasteiger charge is 2.16. The first kappa shape index (κ1) is 24.9. The molecule has 1 aromatic carbocycles. The van der Waals surface area contributed by atoms with Gasteiger partial charge in [0, 0.05) is 37.1 Å². The highest BCUT2D eigenvalue weighted by Crippen LogP contribution is 2.20. The van der Waals surface area contributed by atoms with Crippen molar-refractivity contribution >= 4 is 41.5 Å². The first-order valence-electron chi connectivity index (χ1n) is 10.2. The molecule has 1 fully saturated rings. The van der Waals surface area contributed by atoms with E-state index in [2.05, 4.69) is 22.7 Å². The van der Waals surface area contributed by atoms with Gasteiger partial charge in [-0.25, -0.2) is 0 Å². The number of nitrogens with one attached hydrogen (secondary N) is 2. The van der Waals surface area contributed by atoms with E-state index in [9.17, 15) is 0 Å². The SMILES string of the molecule is CCNC(=NCC(c1ccc(Cl)cc1)n1cccn1)NCCOCC1CCCO1.I. The van der Waals surface area contributed by atoms with Gasteiger partial charge in [-0.1, -0.05) is 23.7 Å². The summed E-state index contributed by atoms with van der Waals surface area (Å²) in [7, 11) is 0. The molecule has 2 aromatic rings. The zero-order valence-corrected chi connectivity index (χ0v) is 20.4. The van der Waals surface area contributed by atoms with Crippen LogP contribution >= 0.6 is 35.6 Å². The van der Waals surface area contributed by atoms with Crippen LogP contribution in [-0.4, -0.2) is 61.3 Å². The van der Waals surface area contributed by atoms with Crippen molar-refractivity contribution in [1.82, 2.24) is 20.4 Å². The summed E-state index contributed by atoms with van der Waals surface area (Å²) in [5.41, 5.74) is 1.11. The minimum Gasteiger partial charge on any atom is -0.377 e. The molecular formula is C21H31ClIN5O2. The molecule has 1 aliphatic heterocycles. The number of hydrogen-bond donors (Lipinski definition) is 2. The summed E-state index contributed by atoms with van der Waals surface area (Å²) < 4.78 is 13.2. The minimum atomic E-state index is -0.00603. The molecule has 0 amide bonds. The van der Waals surface area contributed by atoms with Crippen LogP contribution in [0.5, 0.6) is 0 Å². The molecule has 1 aliphatic rings. The molecule has 2 unspecified atom stereocenters. The van der Waals surface area contributed by atoms with Gasteiger partial charge in [-0.15, -0.1) is 24.0 Å². The van der Waals surface area contributed by atoms with E-state index in [4.69, 9.17) is 26.1 Å². The molecule has 2 heterocycles. The fourth-order valence-electron chi connectivity index (χ4n) is 3.24. The Morgan fingerprint density at radius 1 is 1.37 bits per heavy atom. The van der Waals surface area contributed by atoms with Crippen molar-refractivity contribution in [3.8, 4) is 0 Å². The first-order valence-corrected chi connectivity index (χ1v) is 10.6. The van der Waals surface area contributed by atoms with E-state index >= 15 is 0 Å². The summed E-state index contributed by atoms with van der Waals surface area (Å²) in [5, 5.41) is 11.7. The minimum absolute atomic E-state index is 0. The smallest absolute Gasteiger partial charge is 0.191 e. The van der Waals surface area contributed by atoms with Crippen molar-refractivity contribution in [3.05, 3.63) is 53.3 Å². The van der Waals surface area contributed by atoms with E-state index in [1.54, 1.807) is 6.20 Å². The fraction of sp³-hybridized carbons (Fsp3) is 0.524. The molecule has 0 bridgehead atoms. The lowest BCUT2D eigenvalue weighted by Crippen LogP contribution is -2.39. The van der Waals surface area contributed by atoms with Gasteiger partial charge in [0.2, 0.25) is 0 Å². The lowest BCUT2D eigenvalue weighted by Gasteiger charge is -2.18. The number of rotatable bonds is 10. The van der Waals surface area contributed by atoms with Crippen molar-refractivity contribution in [2.45, 2.75) is 31.9 Å². The average molecular weight is 548 g/mol. The van der Waals surface area contributed by atoms with Crippen LogP contribution in [0.4, 0.5) is 0 Å². The van der Waals surface area contributed by atoms with Crippen molar-refractivity contribution in [2.75, 3.05) is 39.5 Å². The van der Waals surface area contributed by atoms with Gasteiger partial charge in [0.15, 0.2) is 5.96 Å². The van der Waals surface area contributed by atoms with Gasteiger partial charge in [0.25, 0.3) is 0 Å². The first-order chi connectivity index (χ1) is 14.3. The molecule has 2 N–H and O–H groups in total.